The molecule has 112 valence electrons. The number of rotatable bonds is 4. The lowest BCUT2D eigenvalue weighted by molar-refractivity contribution is -0.114. The monoisotopic (exact) mass is 333 g/mol. The fourth-order valence-electron chi connectivity index (χ4n) is 1.82. The van der Waals surface area contributed by atoms with E-state index in [1.54, 1.807) is 48.5 Å². The van der Waals surface area contributed by atoms with Crippen molar-refractivity contribution in [2.45, 2.75) is 6.92 Å². The molecule has 0 aliphatic carbocycles. The van der Waals surface area contributed by atoms with Crippen LogP contribution in [0.2, 0.25) is 10.0 Å². The Morgan fingerprint density at radius 2 is 1.73 bits per heavy atom. The van der Waals surface area contributed by atoms with Gasteiger partial charge >= 0.3 is 0 Å². The molecule has 2 aromatic carbocycles. The van der Waals surface area contributed by atoms with Crippen LogP contribution in [-0.4, -0.2) is 11.7 Å². The Labute approximate surface area is 138 Å². The van der Waals surface area contributed by atoms with Crippen LogP contribution in [0, 0.1) is 0 Å². The molecule has 0 spiro atoms. The molecular weight excluding hydrogens is 321 g/mol. The third-order valence-electron chi connectivity index (χ3n) is 2.87. The van der Waals surface area contributed by atoms with Gasteiger partial charge in [-0.2, -0.15) is 0 Å². The van der Waals surface area contributed by atoms with Crippen molar-refractivity contribution in [3.05, 3.63) is 69.7 Å². The van der Waals surface area contributed by atoms with E-state index < -0.39 is 0 Å². The molecule has 0 radical (unpaired) electrons. The molecule has 0 unspecified atom stereocenters. The van der Waals surface area contributed by atoms with Crippen molar-refractivity contribution >= 4 is 46.7 Å². The number of benzene rings is 2. The minimum Gasteiger partial charge on any atom is -0.326 e. The lowest BCUT2D eigenvalue weighted by Gasteiger charge is -2.02. The number of nitrogens with one attached hydrogen (secondary N) is 1. The van der Waals surface area contributed by atoms with Gasteiger partial charge in [0.1, 0.15) is 0 Å². The van der Waals surface area contributed by atoms with Gasteiger partial charge in [-0.1, -0.05) is 29.3 Å². The van der Waals surface area contributed by atoms with Crippen LogP contribution < -0.4 is 5.32 Å². The second kappa shape index (κ2) is 7.25. The summed E-state index contributed by atoms with van der Waals surface area (Å²) in [5.41, 5.74) is 1.89. The molecule has 0 saturated heterocycles. The van der Waals surface area contributed by atoms with Crippen molar-refractivity contribution < 1.29 is 9.59 Å². The van der Waals surface area contributed by atoms with Crippen molar-refractivity contribution in [1.29, 1.82) is 0 Å². The molecule has 0 atom stereocenters. The van der Waals surface area contributed by atoms with Crippen molar-refractivity contribution in [2.24, 2.45) is 0 Å². The number of hydrogen-bond acceptors (Lipinski definition) is 2. The molecule has 5 heteroatoms. The molecule has 0 saturated carbocycles. The average Bonchev–Trinajstić information content (AvgIpc) is 2.46. The highest BCUT2D eigenvalue weighted by Crippen LogP contribution is 2.22. The van der Waals surface area contributed by atoms with Gasteiger partial charge in [0, 0.05) is 28.2 Å². The maximum absolute atomic E-state index is 12.1. The summed E-state index contributed by atoms with van der Waals surface area (Å²) in [5, 5.41) is 3.67. The Balaban J connectivity index is 2.11. The molecule has 0 aromatic heterocycles. The van der Waals surface area contributed by atoms with Gasteiger partial charge < -0.3 is 5.32 Å². The summed E-state index contributed by atoms with van der Waals surface area (Å²) in [4.78, 5) is 23.0. The maximum atomic E-state index is 12.1. The summed E-state index contributed by atoms with van der Waals surface area (Å²) >= 11 is 11.9. The Morgan fingerprint density at radius 1 is 1.05 bits per heavy atom. The minimum atomic E-state index is -0.156. The average molecular weight is 334 g/mol. The Kier molecular flexibility index (Phi) is 5.36. The van der Waals surface area contributed by atoms with Crippen LogP contribution in [0.3, 0.4) is 0 Å². The minimum absolute atomic E-state index is 0.152. The first-order valence-corrected chi connectivity index (χ1v) is 7.26. The second-order valence-corrected chi connectivity index (χ2v) is 5.47. The maximum Gasteiger partial charge on any atom is 0.221 e. The molecule has 22 heavy (non-hydrogen) atoms. The van der Waals surface area contributed by atoms with Gasteiger partial charge in [0.05, 0.1) is 0 Å². The van der Waals surface area contributed by atoms with Crippen molar-refractivity contribution in [3.8, 4) is 0 Å². The molecule has 1 amide bonds. The zero-order chi connectivity index (χ0) is 16.1. The van der Waals surface area contributed by atoms with E-state index in [2.05, 4.69) is 5.32 Å². The summed E-state index contributed by atoms with van der Waals surface area (Å²) in [5.74, 6) is -0.309. The zero-order valence-corrected chi connectivity index (χ0v) is 13.3. The number of anilines is 1. The number of carbonyl (C=O) groups excluding carboxylic acids is 2. The fraction of sp³-hybridized carbons (Fsp3) is 0.0588. The number of halogens is 2. The first-order chi connectivity index (χ1) is 10.5. The molecule has 2 aromatic rings. The Morgan fingerprint density at radius 3 is 2.32 bits per heavy atom. The topological polar surface area (TPSA) is 46.2 Å². The molecule has 0 fully saturated rings. The lowest BCUT2D eigenvalue weighted by atomic mass is 10.1. The third kappa shape index (κ3) is 4.45. The summed E-state index contributed by atoms with van der Waals surface area (Å²) in [6.45, 7) is 1.43. The third-order valence-corrected chi connectivity index (χ3v) is 3.43. The zero-order valence-electron chi connectivity index (χ0n) is 11.8. The van der Waals surface area contributed by atoms with E-state index in [9.17, 15) is 9.59 Å². The number of amides is 1. The summed E-state index contributed by atoms with van der Waals surface area (Å²) < 4.78 is 0. The highest BCUT2D eigenvalue weighted by Gasteiger charge is 2.03. The quantitative estimate of drug-likeness (QED) is 0.642. The molecule has 2 rings (SSSR count). The van der Waals surface area contributed by atoms with Crippen LogP contribution in [0.4, 0.5) is 5.69 Å². The lowest BCUT2D eigenvalue weighted by Crippen LogP contribution is -2.05. The highest BCUT2D eigenvalue weighted by atomic mass is 35.5. The number of carbonyl (C=O) groups is 2. The molecule has 0 aliphatic heterocycles. The summed E-state index contributed by atoms with van der Waals surface area (Å²) in [7, 11) is 0. The van der Waals surface area contributed by atoms with Gasteiger partial charge in [0.15, 0.2) is 5.78 Å². The van der Waals surface area contributed by atoms with Crippen LogP contribution in [0.5, 0.6) is 0 Å². The molecular formula is C17H13Cl2NO2. The fourth-order valence-corrected chi connectivity index (χ4v) is 2.29. The first kappa shape index (κ1) is 16.3. The van der Waals surface area contributed by atoms with Crippen LogP contribution in [0.15, 0.2) is 48.5 Å². The number of ketones is 1. The SMILES string of the molecule is CC(=O)Nc1ccc(C(=O)C=Cc2ccc(Cl)cc2Cl)cc1. The van der Waals surface area contributed by atoms with Gasteiger partial charge in [-0.25, -0.2) is 0 Å². The van der Waals surface area contributed by atoms with Gasteiger partial charge in [0.2, 0.25) is 5.91 Å². The molecule has 0 bridgehead atoms. The predicted molar refractivity (Wildman–Crippen MR) is 90.6 cm³/mol. The smallest absolute Gasteiger partial charge is 0.221 e. The normalized spacial score (nSPS) is 10.7. The number of allylic oxidation sites excluding steroid dienone is 1. The molecule has 3 nitrogen and oxygen atoms in total. The van der Waals surface area contributed by atoms with E-state index in [1.165, 1.54) is 13.0 Å². The van der Waals surface area contributed by atoms with Crippen molar-refractivity contribution in [3.63, 3.8) is 0 Å². The molecule has 0 heterocycles. The van der Waals surface area contributed by atoms with E-state index >= 15 is 0 Å². The largest absolute Gasteiger partial charge is 0.326 e. The molecule has 0 aliphatic rings. The van der Waals surface area contributed by atoms with Crippen molar-refractivity contribution in [1.82, 2.24) is 0 Å². The van der Waals surface area contributed by atoms with Gasteiger partial charge in [-0.15, -0.1) is 0 Å². The second-order valence-electron chi connectivity index (χ2n) is 4.62. The predicted octanol–water partition coefficient (Wildman–Crippen LogP) is 4.85. The Hall–Kier alpha value is -2.10. The Bertz CT molecular complexity index is 737. The van der Waals surface area contributed by atoms with Crippen LogP contribution in [0.25, 0.3) is 6.08 Å². The highest BCUT2D eigenvalue weighted by molar-refractivity contribution is 6.35. The van der Waals surface area contributed by atoms with E-state index in [0.717, 1.165) is 0 Å². The van der Waals surface area contributed by atoms with Crippen LogP contribution in [-0.2, 0) is 4.79 Å². The van der Waals surface area contributed by atoms with Crippen molar-refractivity contribution in [2.75, 3.05) is 5.32 Å². The summed E-state index contributed by atoms with van der Waals surface area (Å²) in [6, 6.07) is 11.7. The van der Waals surface area contributed by atoms with Gasteiger partial charge in [-0.05, 0) is 54.1 Å². The van der Waals surface area contributed by atoms with Crippen LogP contribution >= 0.6 is 23.2 Å². The first-order valence-electron chi connectivity index (χ1n) is 6.51. The van der Waals surface area contributed by atoms with Gasteiger partial charge in [-0.3, -0.25) is 9.59 Å². The number of hydrogen-bond donors (Lipinski definition) is 1. The van der Waals surface area contributed by atoms with E-state index in [4.69, 9.17) is 23.2 Å². The van der Waals surface area contributed by atoms with E-state index in [-0.39, 0.29) is 11.7 Å². The standard InChI is InChI=1S/C17H13Cl2NO2/c1-11(21)20-15-7-3-13(4-8-15)17(22)9-5-12-2-6-14(18)10-16(12)19/h2-10H,1H3,(H,20,21). The van der Waals surface area contributed by atoms with Crippen LogP contribution in [0.1, 0.15) is 22.8 Å². The van der Waals surface area contributed by atoms with E-state index in [1.807, 2.05) is 0 Å². The molecule has 1 N–H and O–H groups in total. The van der Waals surface area contributed by atoms with E-state index in [0.29, 0.717) is 26.9 Å². The summed E-state index contributed by atoms with van der Waals surface area (Å²) in [6.07, 6.45) is 3.09. The van der Waals surface area contributed by atoms with Gasteiger partial charge in [0.25, 0.3) is 0 Å².